The van der Waals surface area contributed by atoms with Gasteiger partial charge in [-0.15, -0.1) is 0 Å². The summed E-state index contributed by atoms with van der Waals surface area (Å²) in [6.45, 7) is -0.347. The van der Waals surface area contributed by atoms with Crippen LogP contribution in [0, 0.1) is 11.3 Å². The number of rotatable bonds is 6. The average molecular weight is 593 g/mol. The van der Waals surface area contributed by atoms with Crippen LogP contribution in [0.25, 0.3) is 0 Å². The van der Waals surface area contributed by atoms with Crippen LogP contribution >= 0.6 is 15.9 Å². The molecule has 3 rings (SSSR count). The van der Waals surface area contributed by atoms with Crippen molar-refractivity contribution in [2.75, 3.05) is 4.31 Å². The molecule has 0 saturated heterocycles. The standard InChI is InChI=1S/C23H15BrF6N2O3S/c24-18-5-1-4-16(11-18)14-32(36(34,35)20-6-2-3-15(12-20)13-31)19-9-7-17(8-10-19)21(33,22(25,26)27)23(28,29)30/h1-12,33H,14H2. The first kappa shape index (κ1) is 27.5. The first-order valence-corrected chi connectivity index (χ1v) is 12.1. The van der Waals surface area contributed by atoms with E-state index >= 15 is 0 Å². The predicted octanol–water partition coefficient (Wildman–Crippen LogP) is 6.03. The molecule has 0 unspecified atom stereocenters. The van der Waals surface area contributed by atoms with Gasteiger partial charge < -0.3 is 5.11 Å². The number of alkyl halides is 6. The smallest absolute Gasteiger partial charge is 0.369 e. The molecule has 0 atom stereocenters. The van der Waals surface area contributed by atoms with Gasteiger partial charge >= 0.3 is 12.4 Å². The Morgan fingerprint density at radius 2 is 1.47 bits per heavy atom. The van der Waals surface area contributed by atoms with E-state index < -0.39 is 33.5 Å². The summed E-state index contributed by atoms with van der Waals surface area (Å²) >= 11 is 3.25. The van der Waals surface area contributed by atoms with Gasteiger partial charge in [-0.1, -0.05) is 46.3 Å². The summed E-state index contributed by atoms with van der Waals surface area (Å²) in [4.78, 5) is -0.317. The van der Waals surface area contributed by atoms with Gasteiger partial charge in [-0.05, 0) is 48.0 Å². The Hall–Kier alpha value is -3.08. The maximum Gasteiger partial charge on any atom is 0.430 e. The summed E-state index contributed by atoms with van der Waals surface area (Å²) in [7, 11) is -4.44. The Morgan fingerprint density at radius 1 is 0.889 bits per heavy atom. The number of anilines is 1. The van der Waals surface area contributed by atoms with E-state index in [9.17, 15) is 39.9 Å². The molecule has 1 N–H and O–H groups in total. The third kappa shape index (κ3) is 5.21. The molecular weight excluding hydrogens is 578 g/mol. The Labute approximate surface area is 210 Å². The Bertz CT molecular complexity index is 1390. The van der Waals surface area contributed by atoms with Crippen molar-refractivity contribution in [3.8, 4) is 6.07 Å². The van der Waals surface area contributed by atoms with E-state index in [2.05, 4.69) is 15.9 Å². The zero-order valence-corrected chi connectivity index (χ0v) is 20.2. The molecule has 190 valence electrons. The largest absolute Gasteiger partial charge is 0.430 e. The fourth-order valence-corrected chi connectivity index (χ4v) is 5.27. The quantitative estimate of drug-likeness (QED) is 0.354. The summed E-state index contributed by atoms with van der Waals surface area (Å²) in [5, 5.41) is 18.7. The molecule has 0 spiro atoms. The number of sulfonamides is 1. The summed E-state index contributed by atoms with van der Waals surface area (Å²) < 4.78 is 108. The number of hydrogen-bond donors (Lipinski definition) is 1. The normalized spacial score (nSPS) is 12.8. The van der Waals surface area contributed by atoms with Crippen molar-refractivity contribution in [1.82, 2.24) is 0 Å². The molecule has 0 aliphatic carbocycles. The maximum atomic E-state index is 13.5. The van der Waals surface area contributed by atoms with E-state index in [1.807, 2.05) is 0 Å². The second kappa shape index (κ2) is 9.76. The minimum atomic E-state index is -6.09. The number of aliphatic hydroxyl groups is 1. The van der Waals surface area contributed by atoms with Crippen LogP contribution in [-0.4, -0.2) is 25.9 Å². The van der Waals surface area contributed by atoms with Crippen LogP contribution < -0.4 is 4.31 Å². The summed E-state index contributed by atoms with van der Waals surface area (Å²) in [5.41, 5.74) is -6.50. The van der Waals surface area contributed by atoms with Crippen LogP contribution in [-0.2, 0) is 22.2 Å². The molecule has 0 fully saturated rings. The maximum absolute atomic E-state index is 13.5. The minimum Gasteiger partial charge on any atom is -0.369 e. The van der Waals surface area contributed by atoms with Crippen LogP contribution in [0.3, 0.4) is 0 Å². The summed E-state index contributed by atoms with van der Waals surface area (Å²) in [5.74, 6) is 0. The predicted molar refractivity (Wildman–Crippen MR) is 121 cm³/mol. The number of benzene rings is 3. The molecule has 3 aromatic rings. The molecule has 13 heteroatoms. The van der Waals surface area contributed by atoms with Crippen LogP contribution in [0.4, 0.5) is 32.0 Å². The second-order valence-corrected chi connectivity index (χ2v) is 10.3. The zero-order valence-electron chi connectivity index (χ0n) is 17.8. The van der Waals surface area contributed by atoms with Crippen molar-refractivity contribution < 1.29 is 39.9 Å². The Balaban J connectivity index is 2.15. The van der Waals surface area contributed by atoms with Gasteiger partial charge in [0.2, 0.25) is 0 Å². The highest BCUT2D eigenvalue weighted by molar-refractivity contribution is 9.10. The van der Waals surface area contributed by atoms with Crippen molar-refractivity contribution >= 4 is 31.6 Å². The van der Waals surface area contributed by atoms with E-state index in [0.717, 1.165) is 22.5 Å². The van der Waals surface area contributed by atoms with Crippen molar-refractivity contribution in [2.24, 2.45) is 0 Å². The van der Waals surface area contributed by atoms with Crippen molar-refractivity contribution in [3.63, 3.8) is 0 Å². The van der Waals surface area contributed by atoms with E-state index in [1.165, 1.54) is 18.2 Å². The van der Waals surface area contributed by atoms with Gasteiger partial charge in [0.1, 0.15) is 0 Å². The molecule has 0 amide bonds. The van der Waals surface area contributed by atoms with Gasteiger partial charge in [-0.2, -0.15) is 31.6 Å². The number of halogens is 7. The lowest BCUT2D eigenvalue weighted by Gasteiger charge is -2.33. The molecule has 0 radical (unpaired) electrons. The average Bonchev–Trinajstić information content (AvgIpc) is 2.80. The first-order valence-electron chi connectivity index (χ1n) is 9.85. The highest BCUT2D eigenvalue weighted by atomic mass is 79.9. The van der Waals surface area contributed by atoms with Gasteiger partial charge in [0.15, 0.2) is 0 Å². The van der Waals surface area contributed by atoms with Gasteiger partial charge in [0, 0.05) is 10.0 Å². The lowest BCUT2D eigenvalue weighted by molar-refractivity contribution is -0.376. The van der Waals surface area contributed by atoms with Gasteiger partial charge in [0.05, 0.1) is 28.8 Å². The van der Waals surface area contributed by atoms with E-state index in [4.69, 9.17) is 5.26 Å². The lowest BCUT2D eigenvalue weighted by Crippen LogP contribution is -2.53. The van der Waals surface area contributed by atoms with Crippen LogP contribution in [0.15, 0.2) is 82.2 Å². The van der Waals surface area contributed by atoms with Crippen molar-refractivity contribution in [3.05, 3.63) is 94.0 Å². The molecule has 0 bridgehead atoms. The highest BCUT2D eigenvalue weighted by Crippen LogP contribution is 2.50. The summed E-state index contributed by atoms with van der Waals surface area (Å²) in [6, 6.07) is 15.4. The number of nitriles is 1. The van der Waals surface area contributed by atoms with E-state index in [0.29, 0.717) is 22.2 Å². The van der Waals surface area contributed by atoms with E-state index in [-0.39, 0.29) is 22.7 Å². The molecule has 0 saturated carbocycles. The van der Waals surface area contributed by atoms with Crippen LogP contribution in [0.1, 0.15) is 16.7 Å². The third-order valence-electron chi connectivity index (χ3n) is 5.16. The third-order valence-corrected chi connectivity index (χ3v) is 7.42. The van der Waals surface area contributed by atoms with E-state index in [1.54, 1.807) is 30.3 Å². The van der Waals surface area contributed by atoms with Crippen LogP contribution in [0.2, 0.25) is 0 Å². The molecule has 0 aliphatic heterocycles. The molecule has 5 nitrogen and oxygen atoms in total. The topological polar surface area (TPSA) is 81.4 Å². The molecular formula is C23H15BrF6N2O3S. The van der Waals surface area contributed by atoms with Crippen molar-refractivity contribution in [2.45, 2.75) is 29.4 Å². The first-order chi connectivity index (χ1) is 16.6. The lowest BCUT2D eigenvalue weighted by atomic mass is 9.92. The monoisotopic (exact) mass is 592 g/mol. The fraction of sp³-hybridized carbons (Fsp3) is 0.174. The Kier molecular flexibility index (Phi) is 7.46. The molecule has 36 heavy (non-hydrogen) atoms. The highest BCUT2D eigenvalue weighted by Gasteiger charge is 2.71. The zero-order chi connectivity index (χ0) is 26.9. The fourth-order valence-electron chi connectivity index (χ4n) is 3.33. The van der Waals surface area contributed by atoms with Gasteiger partial charge in [-0.25, -0.2) is 8.42 Å². The SMILES string of the molecule is N#Cc1cccc(S(=O)(=O)N(Cc2cccc(Br)c2)c2ccc(C(O)(C(F)(F)F)C(F)(F)F)cc2)c1. The van der Waals surface area contributed by atoms with Crippen molar-refractivity contribution in [1.29, 1.82) is 5.26 Å². The molecule has 0 aliphatic rings. The van der Waals surface area contributed by atoms with Gasteiger partial charge in [0.25, 0.3) is 15.6 Å². The summed E-state index contributed by atoms with van der Waals surface area (Å²) in [6.07, 6.45) is -12.2. The molecule has 0 heterocycles. The van der Waals surface area contributed by atoms with Gasteiger partial charge in [-0.3, -0.25) is 4.31 Å². The Morgan fingerprint density at radius 3 is 2.00 bits per heavy atom. The minimum absolute atomic E-state index is 0.0225. The molecule has 3 aromatic carbocycles. The number of hydrogen-bond acceptors (Lipinski definition) is 4. The second-order valence-electron chi connectivity index (χ2n) is 7.53. The number of nitrogens with zero attached hydrogens (tertiary/aromatic N) is 2. The molecule has 0 aromatic heterocycles. The van der Waals surface area contributed by atoms with Crippen LogP contribution in [0.5, 0.6) is 0 Å².